The Labute approximate surface area is 195 Å². The molecule has 1 fully saturated rings. The Kier molecular flexibility index (Phi) is 8.14. The van der Waals surface area contributed by atoms with Crippen LogP contribution < -0.4 is 10.6 Å². The van der Waals surface area contributed by atoms with E-state index in [1.54, 1.807) is 11.0 Å². The molecule has 178 valence electrons. The Hall–Kier alpha value is -3.29. The number of hydrogen-bond donors (Lipinski definition) is 2. The second kappa shape index (κ2) is 11.0. The summed E-state index contributed by atoms with van der Waals surface area (Å²) in [6, 6.07) is 13.3. The minimum Gasteiger partial charge on any atom is -0.444 e. The van der Waals surface area contributed by atoms with Crippen LogP contribution in [-0.4, -0.2) is 59.2 Å². The molecule has 1 aromatic heterocycles. The normalized spacial score (nSPS) is 14.6. The Morgan fingerprint density at radius 1 is 0.970 bits per heavy atom. The molecule has 2 N–H and O–H groups in total. The Bertz CT molecular complexity index is 941. The molecule has 0 atom stereocenters. The van der Waals surface area contributed by atoms with Crippen LogP contribution in [0.3, 0.4) is 0 Å². The number of carbonyl (C=O) groups excluding carboxylic acids is 3. The van der Waals surface area contributed by atoms with E-state index >= 15 is 0 Å². The van der Waals surface area contributed by atoms with Gasteiger partial charge in [-0.1, -0.05) is 30.3 Å². The predicted octanol–water partition coefficient (Wildman–Crippen LogP) is 3.15. The zero-order valence-electron chi connectivity index (χ0n) is 19.7. The number of aromatic nitrogens is 1. The number of rotatable bonds is 7. The van der Waals surface area contributed by atoms with Gasteiger partial charge >= 0.3 is 6.09 Å². The summed E-state index contributed by atoms with van der Waals surface area (Å²) in [7, 11) is 0. The van der Waals surface area contributed by atoms with Gasteiger partial charge in [-0.15, -0.1) is 0 Å². The first-order chi connectivity index (χ1) is 15.7. The average molecular weight is 455 g/mol. The molecule has 3 rings (SSSR count). The molecule has 1 aliphatic heterocycles. The third-order valence-electron chi connectivity index (χ3n) is 5.46. The zero-order valence-corrected chi connectivity index (χ0v) is 19.7. The van der Waals surface area contributed by atoms with Gasteiger partial charge < -0.3 is 24.8 Å². The van der Waals surface area contributed by atoms with Crippen molar-refractivity contribution in [2.45, 2.75) is 51.7 Å². The molecular formula is C25H34N4O4. The van der Waals surface area contributed by atoms with Crippen molar-refractivity contribution in [1.29, 1.82) is 0 Å². The highest BCUT2D eigenvalue weighted by Gasteiger charge is 2.28. The second-order valence-electron chi connectivity index (χ2n) is 9.27. The van der Waals surface area contributed by atoms with Gasteiger partial charge in [0.1, 0.15) is 11.3 Å². The molecular weight excluding hydrogens is 420 g/mol. The Morgan fingerprint density at radius 2 is 1.64 bits per heavy atom. The fraction of sp³-hybridized carbons (Fsp3) is 0.480. The summed E-state index contributed by atoms with van der Waals surface area (Å²) in [6.45, 7) is 7.47. The number of piperidine rings is 1. The number of likely N-dealkylation sites (tertiary alicyclic amines) is 1. The van der Waals surface area contributed by atoms with Crippen LogP contribution in [0.5, 0.6) is 0 Å². The second-order valence-corrected chi connectivity index (χ2v) is 9.27. The van der Waals surface area contributed by atoms with E-state index in [4.69, 9.17) is 4.74 Å². The first-order valence-electron chi connectivity index (χ1n) is 11.5. The van der Waals surface area contributed by atoms with Crippen LogP contribution in [0.4, 0.5) is 4.79 Å². The van der Waals surface area contributed by atoms with E-state index < -0.39 is 5.60 Å². The largest absolute Gasteiger partial charge is 0.444 e. The summed E-state index contributed by atoms with van der Waals surface area (Å²) < 4.78 is 7.44. The molecule has 1 aliphatic rings. The van der Waals surface area contributed by atoms with E-state index in [1.807, 2.05) is 67.9 Å². The van der Waals surface area contributed by atoms with Crippen molar-refractivity contribution in [3.8, 4) is 0 Å². The maximum Gasteiger partial charge on any atom is 0.410 e. The summed E-state index contributed by atoms with van der Waals surface area (Å²) in [4.78, 5) is 38.7. The first kappa shape index (κ1) is 24.4. The monoisotopic (exact) mass is 454 g/mol. The molecule has 2 aromatic rings. The summed E-state index contributed by atoms with van der Waals surface area (Å²) in [6.07, 6.45) is 3.44. The van der Waals surface area contributed by atoms with Crippen LogP contribution in [-0.2, 0) is 16.0 Å². The van der Waals surface area contributed by atoms with Crippen molar-refractivity contribution in [1.82, 2.24) is 20.1 Å². The van der Waals surface area contributed by atoms with E-state index in [0.717, 1.165) is 18.4 Å². The lowest BCUT2D eigenvalue weighted by Gasteiger charge is -2.34. The molecule has 0 unspecified atom stereocenters. The fourth-order valence-electron chi connectivity index (χ4n) is 3.87. The van der Waals surface area contributed by atoms with E-state index in [1.165, 1.54) is 0 Å². The Balaban J connectivity index is 1.43. The number of nitrogens with one attached hydrogen (secondary N) is 2. The molecule has 1 saturated heterocycles. The van der Waals surface area contributed by atoms with Gasteiger partial charge in [0.15, 0.2) is 0 Å². The lowest BCUT2D eigenvalue weighted by Crippen LogP contribution is -2.42. The molecule has 0 saturated carbocycles. The van der Waals surface area contributed by atoms with Gasteiger partial charge in [-0.05, 0) is 51.3 Å². The van der Waals surface area contributed by atoms with Crippen LogP contribution in [0.25, 0.3) is 0 Å². The molecule has 8 heteroatoms. The minimum absolute atomic E-state index is 0.0735. The predicted molar refractivity (Wildman–Crippen MR) is 126 cm³/mol. The van der Waals surface area contributed by atoms with Crippen molar-refractivity contribution in [2.75, 3.05) is 26.2 Å². The van der Waals surface area contributed by atoms with E-state index in [0.29, 0.717) is 38.3 Å². The lowest BCUT2D eigenvalue weighted by atomic mass is 10.0. The average Bonchev–Trinajstić information content (AvgIpc) is 3.26. The molecule has 2 heterocycles. The first-order valence-corrected chi connectivity index (χ1v) is 11.5. The number of hydrogen-bond acceptors (Lipinski definition) is 4. The number of carbonyl (C=O) groups is 3. The number of ether oxygens (including phenoxy) is 1. The van der Waals surface area contributed by atoms with Crippen LogP contribution in [0, 0.1) is 0 Å². The van der Waals surface area contributed by atoms with Gasteiger partial charge in [0.05, 0.1) is 6.42 Å². The maximum absolute atomic E-state index is 12.7. The van der Waals surface area contributed by atoms with Crippen LogP contribution in [0.1, 0.15) is 55.7 Å². The highest BCUT2D eigenvalue weighted by molar-refractivity contribution is 5.92. The quantitative estimate of drug-likeness (QED) is 0.629. The van der Waals surface area contributed by atoms with Gasteiger partial charge in [0, 0.05) is 38.4 Å². The molecule has 0 aliphatic carbocycles. The minimum atomic E-state index is -0.513. The third kappa shape index (κ3) is 7.37. The number of benzene rings is 1. The molecule has 0 radical (unpaired) electrons. The van der Waals surface area contributed by atoms with E-state index in [-0.39, 0.29) is 23.9 Å². The van der Waals surface area contributed by atoms with Crippen molar-refractivity contribution in [3.63, 3.8) is 0 Å². The standard InChI is InChI=1S/C25H34N4O4/c1-25(2,3)33-24(32)28-16-11-20(12-17-28)29-15-7-10-21(29)23(31)27-14-13-26-22(30)18-19-8-5-4-6-9-19/h4-10,15,20H,11-14,16-18H2,1-3H3,(H,26,30)(H,27,31). The highest BCUT2D eigenvalue weighted by Crippen LogP contribution is 2.25. The maximum atomic E-state index is 12.7. The van der Waals surface area contributed by atoms with E-state index in [2.05, 4.69) is 10.6 Å². The van der Waals surface area contributed by atoms with E-state index in [9.17, 15) is 14.4 Å². The summed E-state index contributed by atoms with van der Waals surface area (Å²) in [5.41, 5.74) is 1.02. The topological polar surface area (TPSA) is 92.7 Å². The molecule has 3 amide bonds. The SMILES string of the molecule is CC(C)(C)OC(=O)N1CCC(n2cccc2C(=O)NCCNC(=O)Cc2ccccc2)CC1. The van der Waals surface area contributed by atoms with Gasteiger partial charge in [0.25, 0.3) is 5.91 Å². The van der Waals surface area contributed by atoms with Gasteiger partial charge in [-0.3, -0.25) is 9.59 Å². The number of nitrogens with zero attached hydrogens (tertiary/aromatic N) is 2. The highest BCUT2D eigenvalue weighted by atomic mass is 16.6. The summed E-state index contributed by atoms with van der Waals surface area (Å²) >= 11 is 0. The van der Waals surface area contributed by atoms with Gasteiger partial charge in [-0.2, -0.15) is 0 Å². The molecule has 0 spiro atoms. The number of amides is 3. The summed E-state index contributed by atoms with van der Waals surface area (Å²) in [5, 5.41) is 5.71. The third-order valence-corrected chi connectivity index (χ3v) is 5.46. The van der Waals surface area contributed by atoms with Crippen molar-refractivity contribution in [3.05, 3.63) is 59.9 Å². The van der Waals surface area contributed by atoms with Gasteiger partial charge in [-0.25, -0.2) is 4.79 Å². The Morgan fingerprint density at radius 3 is 2.30 bits per heavy atom. The van der Waals surface area contributed by atoms with Gasteiger partial charge in [0.2, 0.25) is 5.91 Å². The molecule has 8 nitrogen and oxygen atoms in total. The van der Waals surface area contributed by atoms with Crippen molar-refractivity contribution < 1.29 is 19.1 Å². The molecule has 1 aromatic carbocycles. The van der Waals surface area contributed by atoms with Crippen LogP contribution in [0.2, 0.25) is 0 Å². The zero-order chi connectivity index (χ0) is 23.8. The van der Waals surface area contributed by atoms with Crippen LogP contribution in [0.15, 0.2) is 48.7 Å². The van der Waals surface area contributed by atoms with Crippen LogP contribution >= 0.6 is 0 Å². The summed E-state index contributed by atoms with van der Waals surface area (Å²) in [5.74, 6) is -0.248. The van der Waals surface area contributed by atoms with Crippen molar-refractivity contribution in [2.24, 2.45) is 0 Å². The smallest absolute Gasteiger partial charge is 0.410 e. The lowest BCUT2D eigenvalue weighted by molar-refractivity contribution is -0.120. The van der Waals surface area contributed by atoms with Crippen molar-refractivity contribution >= 4 is 17.9 Å². The molecule has 33 heavy (non-hydrogen) atoms. The molecule has 0 bridgehead atoms. The fourth-order valence-corrected chi connectivity index (χ4v) is 3.87.